The molecule has 0 N–H and O–H groups in total. The number of rotatable bonds is 3. The second-order valence-electron chi connectivity index (χ2n) is 6.88. The van der Waals surface area contributed by atoms with E-state index >= 15 is 0 Å². The second-order valence-corrected chi connectivity index (χ2v) is 7.73. The summed E-state index contributed by atoms with van der Waals surface area (Å²) in [5, 5.41) is 2.22. The second kappa shape index (κ2) is 6.84. The Bertz CT molecular complexity index is 1270. The van der Waals surface area contributed by atoms with Crippen molar-refractivity contribution in [3.05, 3.63) is 101 Å². The van der Waals surface area contributed by atoms with Crippen molar-refractivity contribution in [2.45, 2.75) is 6.92 Å². The van der Waals surface area contributed by atoms with Crippen LogP contribution in [0.3, 0.4) is 0 Å². The highest BCUT2D eigenvalue weighted by molar-refractivity contribution is 9.10. The average Bonchev–Trinajstić information content (AvgIpc) is 3.13. The monoisotopic (exact) mass is 427 g/mol. The molecule has 1 aromatic heterocycles. The van der Waals surface area contributed by atoms with Gasteiger partial charge in [0.05, 0.1) is 15.5 Å². The molecule has 4 aromatic carbocycles. The van der Waals surface area contributed by atoms with Crippen molar-refractivity contribution in [3.63, 3.8) is 0 Å². The van der Waals surface area contributed by atoms with Gasteiger partial charge in [-0.25, -0.2) is 0 Å². The van der Waals surface area contributed by atoms with Crippen LogP contribution in [0.1, 0.15) is 5.56 Å². The average molecular weight is 428 g/mol. The van der Waals surface area contributed by atoms with Gasteiger partial charge in [-0.3, -0.25) is 0 Å². The molecular weight excluding hydrogens is 410 g/mol. The third kappa shape index (κ3) is 2.79. The summed E-state index contributed by atoms with van der Waals surface area (Å²) in [6.07, 6.45) is 0. The molecule has 5 rings (SSSR count). The van der Waals surface area contributed by atoms with Crippen LogP contribution in [-0.4, -0.2) is 0 Å². The van der Waals surface area contributed by atoms with Crippen LogP contribution in [0.25, 0.3) is 21.9 Å². The number of benzene rings is 4. The van der Waals surface area contributed by atoms with Crippen LogP contribution in [0.5, 0.6) is 0 Å². The van der Waals surface area contributed by atoms with E-state index in [-0.39, 0.29) is 0 Å². The van der Waals surface area contributed by atoms with E-state index in [9.17, 15) is 0 Å². The van der Waals surface area contributed by atoms with Gasteiger partial charge in [0.25, 0.3) is 0 Å². The summed E-state index contributed by atoms with van der Waals surface area (Å²) >= 11 is 3.67. The van der Waals surface area contributed by atoms with Crippen molar-refractivity contribution >= 4 is 54.9 Å². The lowest BCUT2D eigenvalue weighted by molar-refractivity contribution is 0.667. The number of hydrogen-bond donors (Lipinski definition) is 0. The first-order valence-corrected chi connectivity index (χ1v) is 10.0. The Morgan fingerprint density at radius 2 is 1.39 bits per heavy atom. The van der Waals surface area contributed by atoms with E-state index in [1.807, 2.05) is 18.2 Å². The van der Waals surface area contributed by atoms with Gasteiger partial charge in [-0.15, -0.1) is 0 Å². The Balaban J connectivity index is 1.86. The molecule has 0 aliphatic rings. The topological polar surface area (TPSA) is 16.4 Å². The fourth-order valence-corrected chi connectivity index (χ4v) is 4.07. The van der Waals surface area contributed by atoms with E-state index < -0.39 is 0 Å². The molecule has 136 valence electrons. The summed E-state index contributed by atoms with van der Waals surface area (Å²) in [6, 6.07) is 31.5. The van der Waals surface area contributed by atoms with Gasteiger partial charge in [0.2, 0.25) is 0 Å². The Morgan fingerprint density at radius 1 is 0.714 bits per heavy atom. The lowest BCUT2D eigenvalue weighted by atomic mass is 10.1. The normalized spacial score (nSPS) is 11.2. The Kier molecular flexibility index (Phi) is 4.18. The molecule has 0 fully saturated rings. The lowest BCUT2D eigenvalue weighted by Crippen LogP contribution is -2.10. The van der Waals surface area contributed by atoms with Crippen molar-refractivity contribution in [1.82, 2.24) is 0 Å². The van der Waals surface area contributed by atoms with Gasteiger partial charge < -0.3 is 9.32 Å². The first-order valence-electron chi connectivity index (χ1n) is 9.24. The van der Waals surface area contributed by atoms with Crippen LogP contribution in [0, 0.1) is 6.92 Å². The van der Waals surface area contributed by atoms with Crippen LogP contribution in [0.2, 0.25) is 0 Å². The molecule has 0 unspecified atom stereocenters. The Morgan fingerprint density at radius 3 is 2.18 bits per heavy atom. The van der Waals surface area contributed by atoms with Gasteiger partial charge in [0.1, 0.15) is 5.58 Å². The van der Waals surface area contributed by atoms with E-state index in [2.05, 4.69) is 101 Å². The number of fused-ring (bicyclic) bond motifs is 3. The van der Waals surface area contributed by atoms with Crippen LogP contribution < -0.4 is 4.90 Å². The molecule has 0 aliphatic carbocycles. The highest BCUT2D eigenvalue weighted by Crippen LogP contribution is 2.44. The van der Waals surface area contributed by atoms with E-state index in [1.54, 1.807) is 0 Å². The highest BCUT2D eigenvalue weighted by Gasteiger charge is 2.20. The quantitative estimate of drug-likeness (QED) is 0.288. The smallest absolute Gasteiger partial charge is 0.151 e. The van der Waals surface area contributed by atoms with Crippen molar-refractivity contribution < 1.29 is 4.42 Å². The number of hydrogen-bond acceptors (Lipinski definition) is 2. The van der Waals surface area contributed by atoms with Crippen molar-refractivity contribution in [1.29, 1.82) is 0 Å². The largest absolute Gasteiger partial charge is 0.455 e. The third-order valence-electron chi connectivity index (χ3n) is 5.00. The molecule has 0 radical (unpaired) electrons. The van der Waals surface area contributed by atoms with Crippen LogP contribution >= 0.6 is 15.9 Å². The van der Waals surface area contributed by atoms with Crippen LogP contribution in [0.15, 0.2) is 99.9 Å². The molecule has 0 aliphatic heterocycles. The van der Waals surface area contributed by atoms with Gasteiger partial charge in [-0.05, 0) is 65.3 Å². The molecule has 1 heterocycles. The van der Waals surface area contributed by atoms with Crippen molar-refractivity contribution in [2.75, 3.05) is 4.90 Å². The number of nitrogens with zero attached hydrogens (tertiary/aromatic N) is 1. The predicted octanol–water partition coefficient (Wildman–Crippen LogP) is 8.13. The fourth-order valence-electron chi connectivity index (χ4n) is 3.66. The summed E-state index contributed by atoms with van der Waals surface area (Å²) in [5.41, 5.74) is 6.32. The van der Waals surface area contributed by atoms with Crippen LogP contribution in [-0.2, 0) is 0 Å². The van der Waals surface area contributed by atoms with E-state index in [4.69, 9.17) is 4.42 Å². The standard InChI is InChI=1S/C25H18BrNO/c1-17-11-13-19(14-12-17)27(18-7-3-2-4-8-18)22-16-15-21(26)25-24(22)20-9-5-6-10-23(20)28-25/h2-16H,1H3. The maximum atomic E-state index is 6.19. The molecule has 0 atom stereocenters. The minimum Gasteiger partial charge on any atom is -0.455 e. The number of halogens is 1. The van der Waals surface area contributed by atoms with E-state index in [0.29, 0.717) is 0 Å². The third-order valence-corrected chi connectivity index (χ3v) is 5.63. The molecule has 0 bridgehead atoms. The lowest BCUT2D eigenvalue weighted by Gasteiger charge is -2.26. The van der Waals surface area contributed by atoms with Crippen molar-refractivity contribution in [3.8, 4) is 0 Å². The fraction of sp³-hybridized carbons (Fsp3) is 0.0400. The van der Waals surface area contributed by atoms with Gasteiger partial charge in [0, 0.05) is 16.8 Å². The maximum Gasteiger partial charge on any atom is 0.151 e. The minimum atomic E-state index is 0.867. The summed E-state index contributed by atoms with van der Waals surface area (Å²) in [5.74, 6) is 0. The molecule has 3 heteroatoms. The summed E-state index contributed by atoms with van der Waals surface area (Å²) in [7, 11) is 0. The Labute approximate surface area is 172 Å². The number of para-hydroxylation sites is 2. The van der Waals surface area contributed by atoms with Crippen LogP contribution in [0.4, 0.5) is 17.1 Å². The molecule has 0 spiro atoms. The number of furan rings is 1. The molecule has 0 amide bonds. The molecular formula is C25H18BrNO. The van der Waals surface area contributed by atoms with Gasteiger partial charge >= 0.3 is 0 Å². The summed E-state index contributed by atoms with van der Waals surface area (Å²) in [4.78, 5) is 2.29. The van der Waals surface area contributed by atoms with Crippen molar-refractivity contribution in [2.24, 2.45) is 0 Å². The highest BCUT2D eigenvalue weighted by atomic mass is 79.9. The first-order chi connectivity index (χ1) is 13.7. The molecule has 28 heavy (non-hydrogen) atoms. The first kappa shape index (κ1) is 17.1. The minimum absolute atomic E-state index is 0.867. The molecule has 2 nitrogen and oxygen atoms in total. The predicted molar refractivity (Wildman–Crippen MR) is 121 cm³/mol. The molecule has 5 aromatic rings. The van der Waals surface area contributed by atoms with Gasteiger partial charge in [-0.2, -0.15) is 0 Å². The summed E-state index contributed by atoms with van der Waals surface area (Å²) in [6.45, 7) is 2.11. The zero-order valence-corrected chi connectivity index (χ0v) is 17.0. The zero-order valence-electron chi connectivity index (χ0n) is 15.4. The van der Waals surface area contributed by atoms with Gasteiger partial charge in [-0.1, -0.05) is 54.1 Å². The maximum absolute atomic E-state index is 6.19. The van der Waals surface area contributed by atoms with E-state index in [1.165, 1.54) is 5.56 Å². The number of aryl methyl sites for hydroxylation is 1. The van der Waals surface area contributed by atoms with E-state index in [0.717, 1.165) is 43.5 Å². The SMILES string of the molecule is Cc1ccc(N(c2ccccc2)c2ccc(Br)c3oc4ccccc4c23)cc1. The van der Waals surface area contributed by atoms with Gasteiger partial charge in [0.15, 0.2) is 5.58 Å². The molecule has 0 saturated carbocycles. The number of anilines is 3. The Hall–Kier alpha value is -3.04. The summed E-state index contributed by atoms with van der Waals surface area (Å²) < 4.78 is 7.15. The molecule has 0 saturated heterocycles. The zero-order chi connectivity index (χ0) is 19.1.